The predicted molar refractivity (Wildman–Crippen MR) is 72.1 cm³/mol. The van der Waals surface area contributed by atoms with Crippen molar-refractivity contribution in [2.75, 3.05) is 13.7 Å². The Morgan fingerprint density at radius 3 is 1.83 bits per heavy atom. The summed E-state index contributed by atoms with van der Waals surface area (Å²) in [6.07, 6.45) is 3.25. The summed E-state index contributed by atoms with van der Waals surface area (Å²) in [4.78, 5) is 21.4. The Balaban J connectivity index is 0. The molecule has 0 aromatic carbocycles. The summed E-state index contributed by atoms with van der Waals surface area (Å²) in [6, 6.07) is 0. The van der Waals surface area contributed by atoms with Crippen LogP contribution in [0.4, 0.5) is 0 Å². The summed E-state index contributed by atoms with van der Waals surface area (Å²) in [6.45, 7) is 11.4. The van der Waals surface area contributed by atoms with Crippen molar-refractivity contribution in [2.45, 2.75) is 40.5 Å². The molecule has 0 heterocycles. The van der Waals surface area contributed by atoms with E-state index in [9.17, 15) is 9.59 Å². The lowest BCUT2D eigenvalue weighted by Crippen LogP contribution is -2.13. The van der Waals surface area contributed by atoms with Crippen molar-refractivity contribution in [3.05, 3.63) is 12.7 Å². The lowest BCUT2D eigenvalue weighted by Gasteiger charge is -2.06. The van der Waals surface area contributed by atoms with Crippen molar-refractivity contribution < 1.29 is 19.1 Å². The third kappa shape index (κ3) is 9.87. The van der Waals surface area contributed by atoms with E-state index in [4.69, 9.17) is 4.74 Å². The van der Waals surface area contributed by atoms with E-state index in [0.29, 0.717) is 6.61 Å². The molecule has 4 nitrogen and oxygen atoms in total. The highest BCUT2D eigenvalue weighted by Crippen LogP contribution is 2.02. The molecule has 106 valence electrons. The van der Waals surface area contributed by atoms with E-state index >= 15 is 0 Å². The number of rotatable bonds is 6. The Hall–Kier alpha value is -1.32. The number of hydrogen-bond donors (Lipinski definition) is 0. The lowest BCUT2D eigenvalue weighted by molar-refractivity contribution is -0.147. The number of methoxy groups -OCH3 is 1. The molecule has 0 aliphatic heterocycles. The van der Waals surface area contributed by atoms with Crippen molar-refractivity contribution >= 4 is 11.9 Å². The molecule has 0 aliphatic carbocycles. The van der Waals surface area contributed by atoms with Gasteiger partial charge in [-0.2, -0.15) is 0 Å². The first-order valence-corrected chi connectivity index (χ1v) is 6.29. The number of hydrogen-bond acceptors (Lipinski definition) is 4. The van der Waals surface area contributed by atoms with Crippen molar-refractivity contribution in [3.63, 3.8) is 0 Å². The van der Waals surface area contributed by atoms with Gasteiger partial charge in [0, 0.05) is 0 Å². The summed E-state index contributed by atoms with van der Waals surface area (Å²) in [5.41, 5.74) is 0. The molecular formula is C14H26O4. The van der Waals surface area contributed by atoms with Crippen LogP contribution >= 0.6 is 0 Å². The van der Waals surface area contributed by atoms with Crippen LogP contribution in [0, 0.1) is 11.8 Å². The molecule has 0 aromatic rings. The van der Waals surface area contributed by atoms with Crippen LogP contribution < -0.4 is 0 Å². The average Bonchev–Trinajstić information content (AvgIpc) is 2.42. The van der Waals surface area contributed by atoms with Gasteiger partial charge in [-0.1, -0.05) is 40.3 Å². The van der Waals surface area contributed by atoms with Gasteiger partial charge in [0.1, 0.15) is 6.61 Å². The molecule has 2 unspecified atom stereocenters. The van der Waals surface area contributed by atoms with Gasteiger partial charge >= 0.3 is 11.9 Å². The summed E-state index contributed by atoms with van der Waals surface area (Å²) in [5.74, 6) is -0.185. The van der Waals surface area contributed by atoms with Crippen molar-refractivity contribution in [1.29, 1.82) is 0 Å². The predicted octanol–water partition coefficient (Wildman–Crippen LogP) is 2.97. The van der Waals surface area contributed by atoms with E-state index in [-0.39, 0.29) is 23.8 Å². The highest BCUT2D eigenvalue weighted by atomic mass is 16.5. The van der Waals surface area contributed by atoms with Gasteiger partial charge in [-0.15, -0.1) is 0 Å². The minimum atomic E-state index is -0.137. The molecule has 0 rings (SSSR count). The standard InChI is InChI=1S/C8H14O2.C6H12O2/c1-4-6-10-8(9)7(3)5-2;1-4-5(2)6(7)8-3/h4,7H,1,5-6H2,2-3H3;5H,4H2,1-3H3. The first kappa shape index (κ1) is 19.0. The maximum Gasteiger partial charge on any atom is 0.308 e. The number of esters is 2. The van der Waals surface area contributed by atoms with E-state index < -0.39 is 0 Å². The second-order valence-corrected chi connectivity index (χ2v) is 4.06. The molecule has 0 spiro atoms. The molecule has 0 saturated carbocycles. The van der Waals surface area contributed by atoms with E-state index in [1.54, 1.807) is 6.08 Å². The smallest absolute Gasteiger partial charge is 0.308 e. The highest BCUT2D eigenvalue weighted by molar-refractivity contribution is 5.72. The SMILES string of the molecule is C=CCOC(=O)C(C)CC.CCC(C)C(=O)OC. The zero-order valence-corrected chi connectivity index (χ0v) is 12.2. The van der Waals surface area contributed by atoms with Gasteiger partial charge in [0.25, 0.3) is 0 Å². The van der Waals surface area contributed by atoms with Gasteiger partial charge in [-0.25, -0.2) is 0 Å². The maximum absolute atomic E-state index is 10.9. The Morgan fingerprint density at radius 2 is 1.56 bits per heavy atom. The number of carbonyl (C=O) groups excluding carboxylic acids is 2. The molecule has 0 radical (unpaired) electrons. The van der Waals surface area contributed by atoms with E-state index in [1.165, 1.54) is 7.11 Å². The van der Waals surface area contributed by atoms with Crippen LogP contribution in [0.3, 0.4) is 0 Å². The Kier molecular flexibility index (Phi) is 12.8. The van der Waals surface area contributed by atoms with Gasteiger partial charge in [0.15, 0.2) is 0 Å². The molecule has 0 amide bonds. The Labute approximate surface area is 110 Å². The van der Waals surface area contributed by atoms with E-state index in [0.717, 1.165) is 12.8 Å². The Bertz CT molecular complexity index is 248. The van der Waals surface area contributed by atoms with Crippen molar-refractivity contribution in [2.24, 2.45) is 11.8 Å². The van der Waals surface area contributed by atoms with Crippen LogP contribution in [0.5, 0.6) is 0 Å². The molecule has 0 aromatic heterocycles. The van der Waals surface area contributed by atoms with Crippen LogP contribution in [0.1, 0.15) is 40.5 Å². The van der Waals surface area contributed by atoms with Gasteiger partial charge in [-0.3, -0.25) is 9.59 Å². The highest BCUT2D eigenvalue weighted by Gasteiger charge is 2.10. The summed E-state index contributed by atoms with van der Waals surface area (Å²) >= 11 is 0. The molecule has 2 atom stereocenters. The minimum absolute atomic E-state index is 0.0138. The summed E-state index contributed by atoms with van der Waals surface area (Å²) in [7, 11) is 1.41. The summed E-state index contributed by atoms with van der Waals surface area (Å²) < 4.78 is 9.25. The number of ether oxygens (including phenoxy) is 2. The molecule has 0 fully saturated rings. The fourth-order valence-corrected chi connectivity index (χ4v) is 0.818. The Morgan fingerprint density at radius 1 is 1.11 bits per heavy atom. The first-order chi connectivity index (χ1) is 8.44. The van der Waals surface area contributed by atoms with Gasteiger partial charge in [0.2, 0.25) is 0 Å². The van der Waals surface area contributed by atoms with Gasteiger partial charge < -0.3 is 9.47 Å². The zero-order chi connectivity index (χ0) is 14.6. The van der Waals surface area contributed by atoms with Crippen LogP contribution in [-0.4, -0.2) is 25.7 Å². The zero-order valence-electron chi connectivity index (χ0n) is 12.2. The van der Waals surface area contributed by atoms with Crippen LogP contribution in [0.2, 0.25) is 0 Å². The summed E-state index contributed by atoms with van der Waals surface area (Å²) in [5, 5.41) is 0. The van der Waals surface area contributed by atoms with Crippen molar-refractivity contribution in [1.82, 2.24) is 0 Å². The third-order valence-electron chi connectivity index (χ3n) is 2.57. The fraction of sp³-hybridized carbons (Fsp3) is 0.714. The molecule has 0 bridgehead atoms. The third-order valence-corrected chi connectivity index (χ3v) is 2.57. The lowest BCUT2D eigenvalue weighted by atomic mass is 10.1. The van der Waals surface area contributed by atoms with Crippen LogP contribution in [0.15, 0.2) is 12.7 Å². The molecule has 0 saturated heterocycles. The fourth-order valence-electron chi connectivity index (χ4n) is 0.818. The molecule has 0 N–H and O–H groups in total. The quantitative estimate of drug-likeness (QED) is 0.543. The van der Waals surface area contributed by atoms with Crippen molar-refractivity contribution in [3.8, 4) is 0 Å². The van der Waals surface area contributed by atoms with Crippen LogP contribution in [-0.2, 0) is 19.1 Å². The van der Waals surface area contributed by atoms with Gasteiger partial charge in [0.05, 0.1) is 18.9 Å². The van der Waals surface area contributed by atoms with Crippen LogP contribution in [0.25, 0.3) is 0 Å². The first-order valence-electron chi connectivity index (χ1n) is 6.29. The average molecular weight is 258 g/mol. The number of carbonyl (C=O) groups is 2. The monoisotopic (exact) mass is 258 g/mol. The second kappa shape index (κ2) is 12.1. The van der Waals surface area contributed by atoms with Gasteiger partial charge in [-0.05, 0) is 12.8 Å². The topological polar surface area (TPSA) is 52.6 Å². The van der Waals surface area contributed by atoms with E-state index in [1.807, 2.05) is 27.7 Å². The molecule has 0 aliphatic rings. The largest absolute Gasteiger partial charge is 0.469 e. The molecule has 4 heteroatoms. The normalized spacial score (nSPS) is 12.5. The second-order valence-electron chi connectivity index (χ2n) is 4.06. The maximum atomic E-state index is 10.9. The molecular weight excluding hydrogens is 232 g/mol. The minimum Gasteiger partial charge on any atom is -0.469 e. The molecule has 18 heavy (non-hydrogen) atoms. The van der Waals surface area contributed by atoms with E-state index in [2.05, 4.69) is 11.3 Å².